The van der Waals surface area contributed by atoms with Gasteiger partial charge in [-0.05, 0) is 114 Å². The van der Waals surface area contributed by atoms with Crippen molar-refractivity contribution in [2.75, 3.05) is 91.3 Å². The first-order valence-corrected chi connectivity index (χ1v) is 27.0. The number of nitrogens with two attached hydrogens (primary N) is 1. The number of hydrogen-bond acceptors (Lipinski definition) is 16. The second-order valence-electron chi connectivity index (χ2n) is 19.7. The number of pyridine rings is 1. The Morgan fingerprint density at radius 1 is 1.00 bits per heavy atom. The van der Waals surface area contributed by atoms with E-state index in [0.29, 0.717) is 66.6 Å². The van der Waals surface area contributed by atoms with Crippen molar-refractivity contribution in [3.63, 3.8) is 0 Å². The van der Waals surface area contributed by atoms with E-state index in [2.05, 4.69) is 38.8 Å². The number of likely N-dealkylation sites (N-methyl/N-ethyl adjacent to an activating group) is 1. The molecule has 2 aromatic heterocycles. The SMILES string of the molecule is CN[C@@H](C)CN[C@H](C(=O)N1CCC[C@H]1C1=NC(C(=O)c2ccc(F)cc2)CS1)C1CCN(CCOCCOCCC(=O)NCCn2nc3c(c2C#N)-c2cnc(N)c(c2)O[C@H](C)c2cc(F)ccc2C(=O)N(C)C3)CC1. The standard InChI is InChI=1S/C54H68F2N12O7S/c1-33(59-3)29-61-49(54(72)67-17-5-6-44(67)52-63-43(32-76-52)50(70)36-7-9-38(55)10-8-36)35-13-18-66(19-14-35)21-23-74-25-24-73-22-15-47(69)60-16-20-68-45(28-57)48-37-26-46(51(58)62-30-37)75-34(2)41-27-39(56)11-12-40(41)53(71)65(4)31-42(48)64-68/h7-12,26-27,30,33-35,43-44,49,59,61H,5-6,13-25,29,31-32H2,1-4H3,(H2,58,62)(H,60,69)/t33-,34+,43?,44-,49-/m0/s1. The molecule has 406 valence electrons. The zero-order valence-corrected chi connectivity index (χ0v) is 44.4. The molecule has 2 fully saturated rings. The number of hydrogen-bond donors (Lipinski definition) is 4. The summed E-state index contributed by atoms with van der Waals surface area (Å²) >= 11 is 1.55. The minimum Gasteiger partial charge on any atom is -0.482 e. The van der Waals surface area contributed by atoms with Gasteiger partial charge in [0.25, 0.3) is 5.91 Å². The lowest BCUT2D eigenvalue weighted by molar-refractivity contribution is -0.135. The van der Waals surface area contributed by atoms with Gasteiger partial charge < -0.3 is 50.6 Å². The van der Waals surface area contributed by atoms with Gasteiger partial charge in [0.2, 0.25) is 11.8 Å². The van der Waals surface area contributed by atoms with Crippen molar-refractivity contribution in [1.29, 1.82) is 5.26 Å². The molecule has 5 atom stereocenters. The first-order chi connectivity index (χ1) is 36.7. The van der Waals surface area contributed by atoms with E-state index in [1.807, 2.05) is 11.9 Å². The van der Waals surface area contributed by atoms with Crippen molar-refractivity contribution in [3.8, 4) is 22.9 Å². The lowest BCUT2D eigenvalue weighted by Gasteiger charge is -2.38. The monoisotopic (exact) mass is 1070 g/mol. The number of nitrogens with zero attached hydrogens (tertiary/aromatic N) is 8. The number of fused-ring (bicyclic) bond motifs is 5. The lowest BCUT2D eigenvalue weighted by Crippen LogP contribution is -2.56. The molecule has 2 aromatic carbocycles. The molecule has 19 nitrogen and oxygen atoms in total. The van der Waals surface area contributed by atoms with Gasteiger partial charge >= 0.3 is 0 Å². The number of piperidine rings is 1. The summed E-state index contributed by atoms with van der Waals surface area (Å²) in [5.74, 6) is -0.669. The number of halogens is 2. The van der Waals surface area contributed by atoms with Crippen molar-refractivity contribution in [2.45, 2.75) is 89.3 Å². The molecule has 4 aromatic rings. The Labute approximate surface area is 446 Å². The van der Waals surface area contributed by atoms with Gasteiger partial charge in [-0.2, -0.15) is 10.4 Å². The fraction of sp³-hybridized carbons (Fsp3) is 0.519. The molecule has 0 spiro atoms. The number of ether oxygens (including phenoxy) is 3. The molecule has 2 bridgehead atoms. The molecule has 0 aliphatic carbocycles. The maximum atomic E-state index is 14.5. The van der Waals surface area contributed by atoms with Crippen molar-refractivity contribution in [3.05, 3.63) is 94.4 Å². The Morgan fingerprint density at radius 3 is 2.50 bits per heavy atom. The third-order valence-corrected chi connectivity index (χ3v) is 15.7. The number of nitrogen functional groups attached to an aromatic ring is 1. The number of nitrogens with one attached hydrogen (secondary N) is 3. The highest BCUT2D eigenvalue weighted by molar-refractivity contribution is 8.14. The Balaban J connectivity index is 0.754. The molecule has 76 heavy (non-hydrogen) atoms. The highest BCUT2D eigenvalue weighted by Crippen LogP contribution is 2.37. The zero-order chi connectivity index (χ0) is 53.9. The van der Waals surface area contributed by atoms with E-state index < -0.39 is 29.7 Å². The van der Waals surface area contributed by atoms with Crippen LogP contribution in [0, 0.1) is 28.9 Å². The van der Waals surface area contributed by atoms with Crippen LogP contribution in [0.4, 0.5) is 14.6 Å². The second-order valence-corrected chi connectivity index (χ2v) is 20.7. The van der Waals surface area contributed by atoms with E-state index >= 15 is 0 Å². The topological polar surface area (TPSA) is 235 Å². The Bertz CT molecular complexity index is 2780. The number of anilines is 1. The minimum atomic E-state index is -0.766. The van der Waals surface area contributed by atoms with E-state index in [0.717, 1.165) is 50.4 Å². The smallest absolute Gasteiger partial charge is 0.254 e. The molecule has 2 saturated heterocycles. The fourth-order valence-electron chi connectivity index (χ4n) is 10.1. The minimum absolute atomic E-state index is 0.0154. The van der Waals surface area contributed by atoms with Crippen LogP contribution in [0.2, 0.25) is 0 Å². The number of rotatable bonds is 21. The molecule has 22 heteroatoms. The Kier molecular flexibility index (Phi) is 19.2. The van der Waals surface area contributed by atoms with Crippen molar-refractivity contribution in [1.82, 2.24) is 45.4 Å². The van der Waals surface area contributed by atoms with Gasteiger partial charge in [-0.3, -0.25) is 28.9 Å². The number of Topliss-reactive ketones (excluding diaryl/α,β-unsaturated/α-hetero) is 1. The number of aromatic nitrogens is 3. The third-order valence-electron chi connectivity index (χ3n) is 14.5. The van der Waals surface area contributed by atoms with E-state index in [-0.39, 0.29) is 97.1 Å². The van der Waals surface area contributed by atoms with E-state index in [9.17, 15) is 33.2 Å². The van der Waals surface area contributed by atoms with Gasteiger partial charge in [0.1, 0.15) is 35.5 Å². The molecule has 5 N–H and O–H groups in total. The molecular weight excluding hydrogens is 999 g/mol. The van der Waals surface area contributed by atoms with Gasteiger partial charge in [-0.25, -0.2) is 13.8 Å². The van der Waals surface area contributed by atoms with Crippen molar-refractivity contribution >= 4 is 46.1 Å². The zero-order valence-electron chi connectivity index (χ0n) is 43.6. The molecule has 0 saturated carbocycles. The normalized spacial score (nSPS) is 19.9. The summed E-state index contributed by atoms with van der Waals surface area (Å²) in [4.78, 5) is 69.2. The lowest BCUT2D eigenvalue weighted by atomic mass is 9.88. The molecule has 4 aliphatic rings. The van der Waals surface area contributed by atoms with Crippen LogP contribution in [0.5, 0.6) is 5.75 Å². The number of thioether (sulfide) groups is 1. The fourth-order valence-corrected chi connectivity index (χ4v) is 11.3. The molecule has 6 heterocycles. The van der Waals surface area contributed by atoms with Crippen LogP contribution in [0.3, 0.4) is 0 Å². The highest BCUT2D eigenvalue weighted by atomic mass is 32.2. The largest absolute Gasteiger partial charge is 0.482 e. The molecular formula is C54H68F2N12O7S. The summed E-state index contributed by atoms with van der Waals surface area (Å²) in [5, 5.41) is 25.7. The third kappa shape index (κ3) is 13.6. The molecule has 0 radical (unpaired) electrons. The summed E-state index contributed by atoms with van der Waals surface area (Å²) in [7, 11) is 3.51. The van der Waals surface area contributed by atoms with Crippen LogP contribution in [0.15, 0.2) is 59.7 Å². The number of ketones is 1. The second kappa shape index (κ2) is 26.1. The highest BCUT2D eigenvalue weighted by Gasteiger charge is 2.42. The quantitative estimate of drug-likeness (QED) is 0.0659. The van der Waals surface area contributed by atoms with Crippen LogP contribution in [0.25, 0.3) is 11.1 Å². The summed E-state index contributed by atoms with van der Waals surface area (Å²) in [6.07, 6.45) is 4.23. The molecule has 3 amide bonds. The summed E-state index contributed by atoms with van der Waals surface area (Å²) < 4.78 is 47.2. The summed E-state index contributed by atoms with van der Waals surface area (Å²) in [6, 6.07) is 12.4. The van der Waals surface area contributed by atoms with Crippen molar-refractivity contribution < 1.29 is 42.2 Å². The van der Waals surface area contributed by atoms with Crippen LogP contribution in [-0.2, 0) is 32.2 Å². The van der Waals surface area contributed by atoms with Crippen LogP contribution < -0.4 is 26.4 Å². The maximum absolute atomic E-state index is 14.5. The predicted octanol–water partition coefficient (Wildman–Crippen LogP) is 4.61. The number of amides is 3. The van der Waals surface area contributed by atoms with E-state index in [1.54, 1.807) is 31.8 Å². The first-order valence-electron chi connectivity index (χ1n) is 26.1. The van der Waals surface area contributed by atoms with Crippen LogP contribution in [0.1, 0.15) is 89.7 Å². The predicted molar refractivity (Wildman–Crippen MR) is 284 cm³/mol. The van der Waals surface area contributed by atoms with E-state index in [4.69, 9.17) is 30.0 Å². The number of carbonyl (C=O) groups is 4. The van der Waals surface area contributed by atoms with Gasteiger partial charge in [0.05, 0.1) is 62.3 Å². The molecule has 8 rings (SSSR count). The van der Waals surface area contributed by atoms with Gasteiger partial charge in [-0.15, -0.1) is 11.8 Å². The number of likely N-dealkylation sites (tertiary alicyclic amines) is 2. The summed E-state index contributed by atoms with van der Waals surface area (Å²) in [6.45, 7) is 9.19. The molecule has 4 aliphatic heterocycles. The van der Waals surface area contributed by atoms with Gasteiger partial charge in [-0.1, -0.05) is 0 Å². The first kappa shape index (κ1) is 55.9. The number of aliphatic imine (C=N–C) groups is 1. The maximum Gasteiger partial charge on any atom is 0.254 e. The average Bonchev–Trinajstić information content (AvgIpc) is 4.20. The van der Waals surface area contributed by atoms with Crippen LogP contribution >= 0.6 is 11.8 Å². The van der Waals surface area contributed by atoms with Gasteiger partial charge in [0.15, 0.2) is 17.4 Å². The molecule has 1 unspecified atom stereocenters. The average molecular weight is 1070 g/mol. The Morgan fingerprint density at radius 2 is 1.75 bits per heavy atom. The Hall–Kier alpha value is -6.35. The number of benzene rings is 2. The summed E-state index contributed by atoms with van der Waals surface area (Å²) in [5.41, 5.74) is 8.75. The van der Waals surface area contributed by atoms with Crippen LogP contribution in [-0.4, -0.2) is 168 Å². The number of carbonyl (C=O) groups excluding carboxylic acids is 4. The van der Waals surface area contributed by atoms with E-state index in [1.165, 1.54) is 58.2 Å². The number of nitriles is 1. The van der Waals surface area contributed by atoms with Gasteiger partial charge in [0, 0.05) is 85.5 Å². The van der Waals surface area contributed by atoms with Crippen molar-refractivity contribution in [2.24, 2.45) is 10.9 Å².